The molecule has 0 heterocycles. The van der Waals surface area contributed by atoms with Gasteiger partial charge in [-0.2, -0.15) is 5.10 Å². The average molecular weight is 340 g/mol. The van der Waals surface area contributed by atoms with Gasteiger partial charge < -0.3 is 9.47 Å². The minimum absolute atomic E-state index is 0.0240. The van der Waals surface area contributed by atoms with Crippen molar-refractivity contribution in [1.29, 1.82) is 0 Å². The second kappa shape index (κ2) is 8.33. The predicted octanol–water partition coefficient (Wildman–Crippen LogP) is 3.86. The fourth-order valence-corrected chi connectivity index (χ4v) is 2.36. The van der Waals surface area contributed by atoms with Crippen LogP contribution in [0.5, 0.6) is 11.5 Å². The zero-order valence-corrected chi connectivity index (χ0v) is 15.3. The molecule has 2 aromatic carbocycles. The molecule has 0 unspecified atom stereocenters. The number of carbonyl (C=O) groups excluding carboxylic acids is 1. The maximum absolute atomic E-state index is 12.3. The lowest BCUT2D eigenvalue weighted by Crippen LogP contribution is -2.18. The van der Waals surface area contributed by atoms with E-state index in [-0.39, 0.29) is 12.0 Å². The zero-order chi connectivity index (χ0) is 18.4. The molecule has 5 heteroatoms. The maximum Gasteiger partial charge on any atom is 0.271 e. The molecule has 2 aromatic rings. The van der Waals surface area contributed by atoms with Crippen LogP contribution in [0, 0.1) is 13.8 Å². The molecule has 0 fully saturated rings. The molecule has 132 valence electrons. The summed E-state index contributed by atoms with van der Waals surface area (Å²) < 4.78 is 10.9. The van der Waals surface area contributed by atoms with Crippen molar-refractivity contribution in [2.75, 3.05) is 7.11 Å². The van der Waals surface area contributed by atoms with Crippen LogP contribution in [-0.2, 0) is 0 Å². The van der Waals surface area contributed by atoms with Gasteiger partial charge in [0, 0.05) is 5.56 Å². The standard InChI is InChI=1S/C20H24N2O3/c1-13(2)25-18-9-8-16(11-19(18)24-5)20(23)22-21-12-17-7-6-14(3)10-15(17)4/h6-13H,1-5H3,(H,22,23)/b21-12-. The molecule has 0 radical (unpaired) electrons. The van der Waals surface area contributed by atoms with Crippen LogP contribution in [0.4, 0.5) is 0 Å². The summed E-state index contributed by atoms with van der Waals surface area (Å²) in [6.45, 7) is 7.91. The molecule has 0 saturated heterocycles. The molecule has 2 rings (SSSR count). The van der Waals surface area contributed by atoms with E-state index in [1.165, 1.54) is 5.56 Å². The van der Waals surface area contributed by atoms with Crippen LogP contribution in [-0.4, -0.2) is 25.3 Å². The van der Waals surface area contributed by atoms with E-state index in [2.05, 4.69) is 16.6 Å². The molecule has 0 spiro atoms. The monoisotopic (exact) mass is 340 g/mol. The number of benzene rings is 2. The Morgan fingerprint density at radius 1 is 1.12 bits per heavy atom. The molecule has 1 amide bonds. The normalized spacial score (nSPS) is 11.0. The summed E-state index contributed by atoms with van der Waals surface area (Å²) in [6.07, 6.45) is 1.66. The van der Waals surface area contributed by atoms with Crippen LogP contribution in [0.3, 0.4) is 0 Å². The molecular weight excluding hydrogens is 316 g/mol. The Morgan fingerprint density at radius 3 is 2.52 bits per heavy atom. The van der Waals surface area contributed by atoms with E-state index in [9.17, 15) is 4.79 Å². The van der Waals surface area contributed by atoms with Crippen molar-refractivity contribution in [2.45, 2.75) is 33.8 Å². The van der Waals surface area contributed by atoms with Crippen LogP contribution in [0.25, 0.3) is 0 Å². The number of aryl methyl sites for hydroxylation is 2. The number of rotatable bonds is 6. The summed E-state index contributed by atoms with van der Waals surface area (Å²) in [5.74, 6) is 0.808. The Balaban J connectivity index is 2.08. The highest BCUT2D eigenvalue weighted by molar-refractivity contribution is 5.95. The summed E-state index contributed by atoms with van der Waals surface area (Å²) in [5.41, 5.74) is 6.24. The van der Waals surface area contributed by atoms with Crippen molar-refractivity contribution in [2.24, 2.45) is 5.10 Å². The smallest absolute Gasteiger partial charge is 0.271 e. The largest absolute Gasteiger partial charge is 0.493 e. The van der Waals surface area contributed by atoms with Crippen molar-refractivity contribution in [3.8, 4) is 11.5 Å². The molecular formula is C20H24N2O3. The molecule has 1 N–H and O–H groups in total. The minimum Gasteiger partial charge on any atom is -0.493 e. The lowest BCUT2D eigenvalue weighted by Gasteiger charge is -2.14. The van der Waals surface area contributed by atoms with Crippen molar-refractivity contribution in [3.05, 3.63) is 58.7 Å². The van der Waals surface area contributed by atoms with Gasteiger partial charge in [-0.15, -0.1) is 0 Å². The Labute approximate surface area is 148 Å². The van der Waals surface area contributed by atoms with Crippen LogP contribution < -0.4 is 14.9 Å². The fraction of sp³-hybridized carbons (Fsp3) is 0.300. The first-order valence-electron chi connectivity index (χ1n) is 8.16. The van der Waals surface area contributed by atoms with E-state index in [0.29, 0.717) is 17.1 Å². The lowest BCUT2D eigenvalue weighted by atomic mass is 10.1. The van der Waals surface area contributed by atoms with E-state index < -0.39 is 0 Å². The number of hydrogen-bond acceptors (Lipinski definition) is 4. The first-order chi connectivity index (χ1) is 11.9. The second-order valence-corrected chi connectivity index (χ2v) is 6.09. The van der Waals surface area contributed by atoms with E-state index in [1.807, 2.05) is 39.8 Å². The number of nitrogens with zero attached hydrogens (tertiary/aromatic N) is 1. The van der Waals surface area contributed by atoms with Gasteiger partial charge in [-0.1, -0.05) is 23.8 Å². The third-order valence-corrected chi connectivity index (χ3v) is 3.58. The summed E-state index contributed by atoms with van der Waals surface area (Å²) in [7, 11) is 1.54. The van der Waals surface area contributed by atoms with Gasteiger partial charge in [-0.05, 0) is 57.0 Å². The topological polar surface area (TPSA) is 59.9 Å². The second-order valence-electron chi connectivity index (χ2n) is 6.09. The Morgan fingerprint density at radius 2 is 1.88 bits per heavy atom. The molecule has 0 aromatic heterocycles. The van der Waals surface area contributed by atoms with Gasteiger partial charge in [0.25, 0.3) is 5.91 Å². The van der Waals surface area contributed by atoms with E-state index >= 15 is 0 Å². The first kappa shape index (κ1) is 18.5. The number of methoxy groups -OCH3 is 1. The Hall–Kier alpha value is -2.82. The third kappa shape index (κ3) is 5.08. The van der Waals surface area contributed by atoms with Gasteiger partial charge in [-0.25, -0.2) is 5.43 Å². The molecule has 0 aliphatic heterocycles. The van der Waals surface area contributed by atoms with E-state index in [1.54, 1.807) is 31.5 Å². The quantitative estimate of drug-likeness (QED) is 0.641. The van der Waals surface area contributed by atoms with Gasteiger partial charge in [0.1, 0.15) is 0 Å². The number of ether oxygens (including phenoxy) is 2. The van der Waals surface area contributed by atoms with Gasteiger partial charge in [0.15, 0.2) is 11.5 Å². The molecule has 0 aliphatic rings. The zero-order valence-electron chi connectivity index (χ0n) is 15.3. The van der Waals surface area contributed by atoms with Gasteiger partial charge >= 0.3 is 0 Å². The van der Waals surface area contributed by atoms with E-state index in [0.717, 1.165) is 11.1 Å². The number of carbonyl (C=O) groups is 1. The van der Waals surface area contributed by atoms with Gasteiger partial charge in [0.2, 0.25) is 0 Å². The number of amides is 1. The number of hydrazone groups is 1. The summed E-state index contributed by atoms with van der Waals surface area (Å²) >= 11 is 0. The van der Waals surface area contributed by atoms with Crippen molar-refractivity contribution in [1.82, 2.24) is 5.43 Å². The van der Waals surface area contributed by atoms with Crippen LogP contribution in [0.1, 0.15) is 40.9 Å². The minimum atomic E-state index is -0.310. The molecule has 0 atom stereocenters. The number of hydrogen-bond donors (Lipinski definition) is 1. The Kier molecular flexibility index (Phi) is 6.17. The highest BCUT2D eigenvalue weighted by atomic mass is 16.5. The molecule has 0 saturated carbocycles. The summed E-state index contributed by atoms with van der Waals surface area (Å²) in [6, 6.07) is 11.1. The number of nitrogens with one attached hydrogen (secondary N) is 1. The van der Waals surface area contributed by atoms with Crippen molar-refractivity contribution in [3.63, 3.8) is 0 Å². The van der Waals surface area contributed by atoms with Crippen molar-refractivity contribution >= 4 is 12.1 Å². The Bertz CT molecular complexity index is 783. The third-order valence-electron chi connectivity index (χ3n) is 3.58. The molecule has 0 aliphatic carbocycles. The average Bonchev–Trinajstić information content (AvgIpc) is 2.56. The van der Waals surface area contributed by atoms with Crippen LogP contribution in [0.2, 0.25) is 0 Å². The van der Waals surface area contributed by atoms with Gasteiger partial charge in [0.05, 0.1) is 19.4 Å². The molecule has 5 nitrogen and oxygen atoms in total. The van der Waals surface area contributed by atoms with Crippen LogP contribution in [0.15, 0.2) is 41.5 Å². The predicted molar refractivity (Wildman–Crippen MR) is 99.7 cm³/mol. The van der Waals surface area contributed by atoms with Crippen molar-refractivity contribution < 1.29 is 14.3 Å². The van der Waals surface area contributed by atoms with E-state index in [4.69, 9.17) is 9.47 Å². The SMILES string of the molecule is COc1cc(C(=O)N/N=C\c2ccc(C)cc2C)ccc1OC(C)C. The van der Waals surface area contributed by atoms with Crippen LogP contribution >= 0.6 is 0 Å². The summed E-state index contributed by atoms with van der Waals surface area (Å²) in [4.78, 5) is 12.3. The first-order valence-corrected chi connectivity index (χ1v) is 8.16. The molecule has 25 heavy (non-hydrogen) atoms. The maximum atomic E-state index is 12.3. The summed E-state index contributed by atoms with van der Waals surface area (Å²) in [5, 5.41) is 4.04. The lowest BCUT2D eigenvalue weighted by molar-refractivity contribution is 0.0954. The fourth-order valence-electron chi connectivity index (χ4n) is 2.36. The highest BCUT2D eigenvalue weighted by Crippen LogP contribution is 2.28. The molecule has 0 bridgehead atoms. The highest BCUT2D eigenvalue weighted by Gasteiger charge is 2.11. The van der Waals surface area contributed by atoms with Gasteiger partial charge in [-0.3, -0.25) is 4.79 Å².